The van der Waals surface area contributed by atoms with E-state index in [9.17, 15) is 24.6 Å². The molecule has 0 spiro atoms. The molecule has 1 aliphatic rings. The quantitative estimate of drug-likeness (QED) is 0.524. The van der Waals surface area contributed by atoms with Crippen molar-refractivity contribution in [3.63, 3.8) is 0 Å². The van der Waals surface area contributed by atoms with Crippen molar-refractivity contribution in [1.29, 1.82) is 0 Å². The molecule has 0 bridgehead atoms. The van der Waals surface area contributed by atoms with Crippen molar-refractivity contribution in [3.05, 3.63) is 33.3 Å². The van der Waals surface area contributed by atoms with Crippen LogP contribution in [0.25, 0.3) is 6.08 Å². The van der Waals surface area contributed by atoms with Gasteiger partial charge in [0.2, 0.25) is 5.91 Å². The molecule has 1 aromatic rings. The zero-order chi connectivity index (χ0) is 26.5. The Morgan fingerprint density at radius 1 is 1.14 bits per heavy atom. The van der Waals surface area contributed by atoms with Gasteiger partial charge in [0.15, 0.2) is 0 Å². The molecule has 1 amide bonds. The first kappa shape index (κ1) is 29.1. The van der Waals surface area contributed by atoms with Crippen LogP contribution in [0.4, 0.5) is 0 Å². The first-order valence-corrected chi connectivity index (χ1v) is 13.1. The fourth-order valence-corrected chi connectivity index (χ4v) is 4.89. The Morgan fingerprint density at radius 3 is 2.40 bits per heavy atom. The van der Waals surface area contributed by atoms with Gasteiger partial charge < -0.3 is 15.5 Å². The fraction of sp³-hybridized carbons (Fsp3) is 0.630. The molecule has 7 nitrogen and oxygen atoms in total. The van der Waals surface area contributed by atoms with E-state index in [0.29, 0.717) is 12.8 Å². The monoisotopic (exact) mass is 504 g/mol. The molecule has 35 heavy (non-hydrogen) atoms. The number of aryl methyl sites for hydroxylation is 1. The zero-order valence-electron chi connectivity index (χ0n) is 21.9. The van der Waals surface area contributed by atoms with Gasteiger partial charge in [0.05, 0.1) is 40.8 Å². The maximum atomic E-state index is 13.2. The highest BCUT2D eigenvalue weighted by molar-refractivity contribution is 7.09. The Kier molecular flexibility index (Phi) is 10.1. The topological polar surface area (TPSA) is 117 Å². The lowest BCUT2D eigenvalue weighted by Crippen LogP contribution is -2.47. The molecular formula is C27H40N2O5S. The number of Topliss-reactive ketones (excluding diaryl/α,β-unsaturated/α-hetero) is 2. The summed E-state index contributed by atoms with van der Waals surface area (Å²) >= 11 is 1.55. The van der Waals surface area contributed by atoms with Crippen LogP contribution in [-0.2, 0) is 14.4 Å². The summed E-state index contributed by atoms with van der Waals surface area (Å²) in [7, 11) is 0. The number of nitrogens with one attached hydrogen (secondary N) is 1. The number of amides is 1. The van der Waals surface area contributed by atoms with Crippen molar-refractivity contribution in [1.82, 2.24) is 10.3 Å². The Morgan fingerprint density at radius 2 is 1.80 bits per heavy atom. The standard InChI is InChI=1S/C27H40N2O5S/c1-15-8-10-21(16(2)12-20-14-35-19(5)28-20)29-24(32)13-23(31)27(6,7)26(34)18(4)25(33)17(3)22(30)11-9-15/h8,12,14,17-18,21,23,25,31,33H,9-11,13H2,1-7H3,(H,29,32)/b15-8-,16-12+/t17?,18?,21-,23-,25-/m0/s1. The number of carbonyl (C=O) groups is 3. The van der Waals surface area contributed by atoms with Crippen LogP contribution in [0.2, 0.25) is 0 Å². The molecule has 0 saturated heterocycles. The highest BCUT2D eigenvalue weighted by Crippen LogP contribution is 2.31. The minimum absolute atomic E-state index is 0.102. The van der Waals surface area contributed by atoms with Crippen LogP contribution in [0.5, 0.6) is 0 Å². The minimum atomic E-state index is -1.27. The van der Waals surface area contributed by atoms with Crippen molar-refractivity contribution >= 4 is 34.9 Å². The van der Waals surface area contributed by atoms with Gasteiger partial charge in [-0.15, -0.1) is 11.3 Å². The number of nitrogens with zero attached hydrogens (tertiary/aromatic N) is 1. The second-order valence-corrected chi connectivity index (χ2v) is 11.5. The van der Waals surface area contributed by atoms with Crippen molar-refractivity contribution in [2.75, 3.05) is 0 Å². The molecule has 0 aromatic carbocycles. The van der Waals surface area contributed by atoms with Gasteiger partial charge >= 0.3 is 0 Å². The van der Waals surface area contributed by atoms with E-state index in [1.54, 1.807) is 39.0 Å². The van der Waals surface area contributed by atoms with E-state index in [-0.39, 0.29) is 36.4 Å². The van der Waals surface area contributed by atoms with Crippen LogP contribution in [0.1, 0.15) is 77.9 Å². The van der Waals surface area contributed by atoms with Gasteiger partial charge in [0.1, 0.15) is 11.6 Å². The van der Waals surface area contributed by atoms with E-state index in [2.05, 4.69) is 10.3 Å². The number of hydrogen-bond acceptors (Lipinski definition) is 7. The predicted octanol–water partition coefficient (Wildman–Crippen LogP) is 4.02. The normalized spacial score (nSPS) is 31.6. The maximum absolute atomic E-state index is 13.2. The summed E-state index contributed by atoms with van der Waals surface area (Å²) in [6, 6.07) is -0.325. The van der Waals surface area contributed by atoms with Gasteiger partial charge in [-0.3, -0.25) is 14.4 Å². The Hall–Kier alpha value is -2.16. The smallest absolute Gasteiger partial charge is 0.223 e. The average molecular weight is 505 g/mol. The molecule has 2 unspecified atom stereocenters. The van der Waals surface area contributed by atoms with Crippen LogP contribution in [0.3, 0.4) is 0 Å². The Bertz CT molecular complexity index is 993. The molecule has 1 aromatic heterocycles. The average Bonchev–Trinajstić information content (AvgIpc) is 3.21. The largest absolute Gasteiger partial charge is 0.392 e. The summed E-state index contributed by atoms with van der Waals surface area (Å²) in [5.74, 6) is -2.40. The third-order valence-corrected chi connectivity index (χ3v) is 7.95. The maximum Gasteiger partial charge on any atom is 0.223 e. The summed E-state index contributed by atoms with van der Waals surface area (Å²) in [6.45, 7) is 12.2. The lowest BCUT2D eigenvalue weighted by Gasteiger charge is -2.34. The number of rotatable bonds is 2. The second kappa shape index (κ2) is 12.2. The molecule has 0 aliphatic carbocycles. The zero-order valence-corrected chi connectivity index (χ0v) is 22.7. The lowest BCUT2D eigenvalue weighted by molar-refractivity contribution is -0.144. The van der Waals surface area contributed by atoms with Gasteiger partial charge in [-0.25, -0.2) is 4.98 Å². The molecular weight excluding hydrogens is 464 g/mol. The number of ketones is 2. The molecule has 3 N–H and O–H groups in total. The lowest BCUT2D eigenvalue weighted by atomic mass is 9.72. The van der Waals surface area contributed by atoms with Gasteiger partial charge in [0.25, 0.3) is 0 Å². The van der Waals surface area contributed by atoms with E-state index < -0.39 is 29.5 Å². The number of carbonyl (C=O) groups excluding carboxylic acids is 3. The number of aliphatic hydroxyl groups is 2. The molecule has 1 aliphatic heterocycles. The first-order valence-electron chi connectivity index (χ1n) is 12.2. The number of aromatic nitrogens is 1. The van der Waals surface area contributed by atoms with Crippen LogP contribution in [0, 0.1) is 24.2 Å². The van der Waals surface area contributed by atoms with Crippen LogP contribution in [-0.4, -0.2) is 50.9 Å². The molecule has 0 fully saturated rings. The van der Waals surface area contributed by atoms with Crippen LogP contribution in [0.15, 0.2) is 22.6 Å². The number of hydrogen-bond donors (Lipinski definition) is 3. The van der Waals surface area contributed by atoms with Gasteiger partial charge in [-0.1, -0.05) is 39.3 Å². The highest BCUT2D eigenvalue weighted by Gasteiger charge is 2.42. The molecule has 5 atom stereocenters. The van der Waals surface area contributed by atoms with E-state index >= 15 is 0 Å². The summed E-state index contributed by atoms with van der Waals surface area (Å²) in [5, 5.41) is 27.5. The number of allylic oxidation sites excluding steroid dienone is 1. The van der Waals surface area contributed by atoms with E-state index in [1.165, 1.54) is 0 Å². The Balaban J connectivity index is 2.38. The molecule has 0 radical (unpaired) electrons. The molecule has 2 rings (SSSR count). The number of aliphatic hydroxyl groups excluding tert-OH is 2. The van der Waals surface area contributed by atoms with Crippen molar-refractivity contribution in [2.45, 2.75) is 92.4 Å². The molecule has 2 heterocycles. The summed E-state index contributed by atoms with van der Waals surface area (Å²) in [5.41, 5.74) is 1.48. The van der Waals surface area contributed by atoms with Crippen molar-refractivity contribution in [3.8, 4) is 0 Å². The second-order valence-electron chi connectivity index (χ2n) is 10.4. The van der Waals surface area contributed by atoms with E-state index in [4.69, 9.17) is 0 Å². The SMILES string of the molecule is C/C1=C/C[C@@H](/C(C)=C/c2csc(C)n2)NC(=O)C[C@H](O)C(C)(C)C(=O)C(C)[C@@H](O)C(C)C(=O)CC1. The number of thiazole rings is 1. The van der Waals surface area contributed by atoms with Gasteiger partial charge in [-0.05, 0) is 45.3 Å². The van der Waals surface area contributed by atoms with Gasteiger partial charge in [0, 0.05) is 23.6 Å². The summed E-state index contributed by atoms with van der Waals surface area (Å²) in [6.07, 6.45) is 2.62. The van der Waals surface area contributed by atoms with Crippen LogP contribution < -0.4 is 5.32 Å². The molecule has 8 heteroatoms. The van der Waals surface area contributed by atoms with E-state index in [1.807, 2.05) is 38.3 Å². The first-order chi connectivity index (χ1) is 16.2. The molecule has 194 valence electrons. The summed E-state index contributed by atoms with van der Waals surface area (Å²) in [4.78, 5) is 43.3. The predicted molar refractivity (Wildman–Crippen MR) is 139 cm³/mol. The molecule has 0 saturated carbocycles. The highest BCUT2D eigenvalue weighted by atomic mass is 32.1. The van der Waals surface area contributed by atoms with E-state index in [0.717, 1.165) is 21.8 Å². The van der Waals surface area contributed by atoms with Crippen molar-refractivity contribution in [2.24, 2.45) is 17.3 Å². The summed E-state index contributed by atoms with van der Waals surface area (Å²) < 4.78 is 0. The Labute approximate surface area is 212 Å². The third-order valence-electron chi connectivity index (χ3n) is 7.16. The third kappa shape index (κ3) is 7.66. The van der Waals surface area contributed by atoms with Crippen molar-refractivity contribution < 1.29 is 24.6 Å². The van der Waals surface area contributed by atoms with Crippen LogP contribution >= 0.6 is 11.3 Å². The van der Waals surface area contributed by atoms with Gasteiger partial charge in [-0.2, -0.15) is 0 Å². The fourth-order valence-electron chi connectivity index (χ4n) is 4.32. The minimum Gasteiger partial charge on any atom is -0.392 e.